The van der Waals surface area contributed by atoms with E-state index in [0.717, 1.165) is 0 Å². The third-order valence-corrected chi connectivity index (χ3v) is 5.66. The molecular weight excluding hydrogens is 382 g/mol. The van der Waals surface area contributed by atoms with Gasteiger partial charge in [-0.2, -0.15) is 16.8 Å². The van der Waals surface area contributed by atoms with Crippen molar-refractivity contribution in [2.24, 2.45) is 5.73 Å². The van der Waals surface area contributed by atoms with Crippen molar-refractivity contribution in [3.63, 3.8) is 0 Å². The van der Waals surface area contributed by atoms with Crippen LogP contribution in [0.25, 0.3) is 0 Å². The van der Waals surface area contributed by atoms with Crippen LogP contribution in [-0.2, 0) is 42.3 Å². The fourth-order valence-corrected chi connectivity index (χ4v) is 4.29. The fraction of sp³-hybridized carbons (Fsp3) is 0.875. The van der Waals surface area contributed by atoms with Crippen molar-refractivity contribution in [2.45, 2.75) is 36.4 Å². The van der Waals surface area contributed by atoms with Crippen LogP contribution < -0.4 is 5.73 Å². The first-order valence-electron chi connectivity index (χ1n) is 5.97. The summed E-state index contributed by atoms with van der Waals surface area (Å²) in [7, 11) is -11.2. The highest BCUT2D eigenvalue weighted by atomic mass is 32.3. The lowest BCUT2D eigenvalue weighted by molar-refractivity contribution is -0.436. The van der Waals surface area contributed by atoms with E-state index in [1.807, 2.05) is 0 Å². The topological polar surface area (TPSA) is 229 Å². The second-order valence-corrected chi connectivity index (χ2v) is 7.52. The number of hydrogen-bond donors (Lipinski definition) is 5. The summed E-state index contributed by atoms with van der Waals surface area (Å²) in [5.41, 5.74) is 5.38. The zero-order valence-electron chi connectivity index (χ0n) is 11.7. The molecule has 1 unspecified atom stereocenters. The molecule has 2 heterocycles. The van der Waals surface area contributed by atoms with Gasteiger partial charge in [0.15, 0.2) is 11.9 Å². The maximum Gasteiger partial charge on any atom is 0.419 e. The summed E-state index contributed by atoms with van der Waals surface area (Å²) in [6.07, 6.45) is -2.82. The molecule has 14 nitrogen and oxygen atoms in total. The summed E-state index contributed by atoms with van der Waals surface area (Å²) in [6.45, 7) is -0.934. The third-order valence-electron chi connectivity index (χ3n) is 3.37. The predicted octanol–water partition coefficient (Wildman–Crippen LogP) is -5.09. The number of carbonyl (C=O) groups is 1. The molecule has 2 bridgehead atoms. The third kappa shape index (κ3) is 2.74. The maximum atomic E-state index is 11.6. The first-order valence-corrected chi connectivity index (χ1v) is 8.63. The van der Waals surface area contributed by atoms with E-state index in [1.165, 1.54) is 0 Å². The lowest BCUT2D eigenvalue weighted by Crippen LogP contribution is -2.82. The Labute approximate surface area is 135 Å². The molecule has 0 spiro atoms. The van der Waals surface area contributed by atoms with Crippen molar-refractivity contribution < 1.29 is 58.8 Å². The number of aliphatic hydroxyl groups is 4. The van der Waals surface area contributed by atoms with Gasteiger partial charge in [0, 0.05) is 6.92 Å². The van der Waals surface area contributed by atoms with Gasteiger partial charge in [0.25, 0.3) is 0 Å². The van der Waals surface area contributed by atoms with Gasteiger partial charge in [-0.25, -0.2) is 8.37 Å². The molecule has 2 saturated heterocycles. The van der Waals surface area contributed by atoms with Gasteiger partial charge in [-0.05, 0) is 0 Å². The normalized spacial score (nSPS) is 47.4. The molecule has 0 amide bonds. The minimum atomic E-state index is -5.60. The van der Waals surface area contributed by atoms with E-state index in [4.69, 9.17) is 5.73 Å². The number of ether oxygens (including phenoxy) is 1. The Bertz CT molecular complexity index is 727. The molecule has 140 valence electrons. The van der Waals surface area contributed by atoms with Crippen LogP contribution in [0.3, 0.4) is 0 Å². The summed E-state index contributed by atoms with van der Waals surface area (Å²) in [6, 6.07) is -2.49. The Hall–Kier alpha value is -0.790. The number of rotatable bonds is 2. The first kappa shape index (κ1) is 19.5. The van der Waals surface area contributed by atoms with Crippen LogP contribution in [0.15, 0.2) is 0 Å². The molecule has 16 heteroatoms. The fourth-order valence-electron chi connectivity index (χ4n) is 2.21. The van der Waals surface area contributed by atoms with Crippen molar-refractivity contribution in [1.82, 2.24) is 0 Å². The highest BCUT2D eigenvalue weighted by Gasteiger charge is 2.73. The van der Waals surface area contributed by atoms with Gasteiger partial charge < -0.3 is 30.9 Å². The van der Waals surface area contributed by atoms with Crippen LogP contribution in [0.2, 0.25) is 0 Å². The number of aliphatic hydroxyl groups excluding tert-OH is 2. The molecule has 5 atom stereocenters. The van der Waals surface area contributed by atoms with Crippen LogP contribution >= 0.6 is 0 Å². The number of ketones is 1. The van der Waals surface area contributed by atoms with E-state index >= 15 is 0 Å². The Balaban J connectivity index is 2.79. The zero-order valence-corrected chi connectivity index (χ0v) is 13.4. The van der Waals surface area contributed by atoms with Crippen molar-refractivity contribution in [3.8, 4) is 0 Å². The Morgan fingerprint density at radius 1 is 1.17 bits per heavy atom. The molecule has 2 aliphatic heterocycles. The van der Waals surface area contributed by atoms with Crippen LogP contribution in [0, 0.1) is 0 Å². The average Bonchev–Trinajstić information content (AvgIpc) is 2.39. The molecular formula is C8H13NO13S2. The van der Waals surface area contributed by atoms with E-state index in [0.29, 0.717) is 6.92 Å². The molecule has 2 fully saturated rings. The van der Waals surface area contributed by atoms with Gasteiger partial charge in [0.1, 0.15) is 12.6 Å². The molecule has 2 rings (SSSR count). The largest absolute Gasteiger partial charge is 0.419 e. The molecule has 0 radical (unpaired) electrons. The van der Waals surface area contributed by atoms with E-state index in [9.17, 15) is 42.1 Å². The average molecular weight is 395 g/mol. The van der Waals surface area contributed by atoms with Crippen molar-refractivity contribution in [1.29, 1.82) is 0 Å². The van der Waals surface area contributed by atoms with Crippen molar-refractivity contribution >= 4 is 26.6 Å². The molecule has 0 aliphatic carbocycles. The van der Waals surface area contributed by atoms with Crippen LogP contribution in [0.1, 0.15) is 6.92 Å². The number of fused-ring (bicyclic) bond motifs is 2. The lowest BCUT2D eigenvalue weighted by atomic mass is 9.84. The highest BCUT2D eigenvalue weighted by Crippen LogP contribution is 2.45. The molecule has 0 saturated carbocycles. The lowest BCUT2D eigenvalue weighted by Gasteiger charge is -2.54. The molecule has 24 heavy (non-hydrogen) atoms. The smallest absolute Gasteiger partial charge is 0.391 e. The zero-order chi connectivity index (χ0) is 18.8. The monoisotopic (exact) mass is 395 g/mol. The number of carbonyl (C=O) groups excluding carboxylic acids is 1. The van der Waals surface area contributed by atoms with Gasteiger partial charge in [-0.15, -0.1) is 3.63 Å². The van der Waals surface area contributed by atoms with Crippen molar-refractivity contribution in [3.05, 3.63) is 0 Å². The molecule has 0 aromatic heterocycles. The minimum absolute atomic E-state index is 0.672. The second-order valence-electron chi connectivity index (χ2n) is 5.01. The van der Waals surface area contributed by atoms with Gasteiger partial charge in [0.2, 0.25) is 17.4 Å². The van der Waals surface area contributed by atoms with Crippen LogP contribution in [-0.4, -0.2) is 79.2 Å². The maximum absolute atomic E-state index is 11.6. The summed E-state index contributed by atoms with van der Waals surface area (Å²) < 4.78 is 62.4. The highest BCUT2D eigenvalue weighted by molar-refractivity contribution is 7.95. The number of Topliss-reactive ketones (excluding diaryl/α,β-unsaturated/α-hetero) is 1. The van der Waals surface area contributed by atoms with Gasteiger partial charge in [0.05, 0.1) is 0 Å². The Morgan fingerprint density at radius 3 is 2.12 bits per heavy atom. The quantitative estimate of drug-likeness (QED) is 0.294. The van der Waals surface area contributed by atoms with Gasteiger partial charge in [-0.3, -0.25) is 4.79 Å². The second kappa shape index (κ2) is 5.35. The summed E-state index contributed by atoms with van der Waals surface area (Å²) in [4.78, 5) is 11.6. The van der Waals surface area contributed by atoms with E-state index < -0.39 is 62.7 Å². The predicted molar refractivity (Wildman–Crippen MR) is 66.6 cm³/mol. The minimum Gasteiger partial charge on any atom is -0.391 e. The van der Waals surface area contributed by atoms with Crippen LogP contribution in [0.5, 0.6) is 0 Å². The van der Waals surface area contributed by atoms with E-state index in [-0.39, 0.29) is 0 Å². The van der Waals surface area contributed by atoms with Crippen LogP contribution in [0.4, 0.5) is 0 Å². The first-order chi connectivity index (χ1) is 10.6. The SMILES string of the molecule is CC(=O)C1(O)O[C@]2(CO)OS(=O)(=O)OS(=O)(=O)O[C@](O)([C@@H]1N)[C@H]2O. The standard InChI is InChI=1S/C8H13NO13S2/c1-3(11)7(13)4(9)8(14)5(12)6(2-10,19-7)20-23(15,16)22-24(17,18)21-8/h4-5,10,12-14H,2,9H2,1H3/t4-,5+,6-,7?,8-/m1/s1. The number of hydrogen-bond acceptors (Lipinski definition) is 14. The molecule has 0 aromatic carbocycles. The summed E-state index contributed by atoms with van der Waals surface area (Å²) in [5, 5.41) is 39.9. The summed E-state index contributed by atoms with van der Waals surface area (Å²) >= 11 is 0. The van der Waals surface area contributed by atoms with Crippen molar-refractivity contribution in [2.75, 3.05) is 6.61 Å². The molecule has 2 aliphatic rings. The van der Waals surface area contributed by atoms with E-state index in [1.54, 1.807) is 0 Å². The Morgan fingerprint density at radius 2 is 1.67 bits per heavy atom. The molecule has 0 aromatic rings. The van der Waals surface area contributed by atoms with Gasteiger partial charge in [-0.1, -0.05) is 0 Å². The van der Waals surface area contributed by atoms with Gasteiger partial charge >= 0.3 is 20.8 Å². The van der Waals surface area contributed by atoms with E-state index in [2.05, 4.69) is 16.7 Å². The summed E-state index contributed by atoms with van der Waals surface area (Å²) in [5.74, 6) is -11.5. The Kier molecular flexibility index (Phi) is 4.36. The molecule has 6 N–H and O–H groups in total. The number of nitrogens with two attached hydrogens (primary N) is 1.